The zero-order valence-electron chi connectivity index (χ0n) is 11.5. The predicted octanol–water partition coefficient (Wildman–Crippen LogP) is 3.56. The van der Waals surface area contributed by atoms with E-state index >= 15 is 0 Å². The number of benzene rings is 1. The topological polar surface area (TPSA) is 49.6 Å². The van der Waals surface area contributed by atoms with Crippen LogP contribution in [-0.2, 0) is 0 Å². The third-order valence-corrected chi connectivity index (χ3v) is 3.25. The van der Waals surface area contributed by atoms with Gasteiger partial charge in [0, 0.05) is 12.4 Å². The molecule has 96 valence electrons. The van der Waals surface area contributed by atoms with Crippen molar-refractivity contribution in [2.45, 2.75) is 32.6 Å². The van der Waals surface area contributed by atoms with Gasteiger partial charge in [0.25, 0.3) is 0 Å². The highest BCUT2D eigenvalue weighted by atomic mass is 14.9. The van der Waals surface area contributed by atoms with Gasteiger partial charge in [-0.25, -0.2) is 9.97 Å². The van der Waals surface area contributed by atoms with Gasteiger partial charge in [-0.3, -0.25) is 0 Å². The van der Waals surface area contributed by atoms with Crippen LogP contribution in [0.2, 0.25) is 0 Å². The zero-order valence-corrected chi connectivity index (χ0v) is 11.5. The Labute approximate surface area is 114 Å². The van der Waals surface area contributed by atoms with Crippen molar-refractivity contribution in [1.82, 2.24) is 9.97 Å². The molecule has 0 aliphatic rings. The molecule has 0 saturated carbocycles. The Bertz CT molecular complexity index is 597. The maximum absolute atomic E-state index is 9.46. The minimum Gasteiger partial charge on any atom is -0.240 e. The molecule has 0 N–H and O–H groups in total. The lowest BCUT2D eigenvalue weighted by atomic mass is 9.90. The summed E-state index contributed by atoms with van der Waals surface area (Å²) in [4.78, 5) is 8.42. The third-order valence-electron chi connectivity index (χ3n) is 3.25. The molecule has 0 fully saturated rings. The Hall–Kier alpha value is -2.21. The number of aromatic nitrogens is 2. The normalized spacial score (nSPS) is 12.2. The summed E-state index contributed by atoms with van der Waals surface area (Å²) in [5, 5.41) is 9.46. The fourth-order valence-corrected chi connectivity index (χ4v) is 2.06. The average Bonchev–Trinajstić information content (AvgIpc) is 2.42. The summed E-state index contributed by atoms with van der Waals surface area (Å²) in [6.07, 6.45) is 3.35. The summed E-state index contributed by atoms with van der Waals surface area (Å²) >= 11 is 0. The molecule has 1 aromatic heterocycles. The Balaban J connectivity index is 2.50. The first-order valence-corrected chi connectivity index (χ1v) is 6.40. The van der Waals surface area contributed by atoms with Gasteiger partial charge < -0.3 is 0 Å². The van der Waals surface area contributed by atoms with Crippen molar-refractivity contribution in [2.75, 3.05) is 0 Å². The number of hydrogen-bond acceptors (Lipinski definition) is 3. The first-order valence-electron chi connectivity index (χ1n) is 6.40. The van der Waals surface area contributed by atoms with Gasteiger partial charge in [-0.1, -0.05) is 32.0 Å². The van der Waals surface area contributed by atoms with Crippen LogP contribution in [0.1, 0.15) is 48.2 Å². The van der Waals surface area contributed by atoms with Crippen molar-refractivity contribution in [3.63, 3.8) is 0 Å². The molecule has 1 aromatic carbocycles. The largest absolute Gasteiger partial charge is 0.240 e. The molecule has 0 aliphatic heterocycles. The molecule has 19 heavy (non-hydrogen) atoms. The van der Waals surface area contributed by atoms with Crippen LogP contribution < -0.4 is 0 Å². The molecule has 0 saturated heterocycles. The average molecular weight is 251 g/mol. The van der Waals surface area contributed by atoms with Gasteiger partial charge in [-0.05, 0) is 35.6 Å². The Kier molecular flexibility index (Phi) is 3.91. The summed E-state index contributed by atoms with van der Waals surface area (Å²) in [7, 11) is 0. The lowest BCUT2D eigenvalue weighted by Gasteiger charge is -2.14. The van der Waals surface area contributed by atoms with E-state index < -0.39 is 5.92 Å². The Morgan fingerprint density at radius 2 is 1.84 bits per heavy atom. The van der Waals surface area contributed by atoms with Crippen molar-refractivity contribution in [3.8, 4) is 6.07 Å². The highest BCUT2D eigenvalue weighted by Gasteiger charge is 2.19. The van der Waals surface area contributed by atoms with Gasteiger partial charge in [-0.2, -0.15) is 5.26 Å². The summed E-state index contributed by atoms with van der Waals surface area (Å²) in [5.41, 5.74) is 3.33. The fourth-order valence-electron chi connectivity index (χ4n) is 2.06. The minimum atomic E-state index is -0.403. The van der Waals surface area contributed by atoms with Crippen LogP contribution in [0.3, 0.4) is 0 Å². The van der Waals surface area contributed by atoms with E-state index in [9.17, 15) is 5.26 Å². The molecular weight excluding hydrogens is 234 g/mol. The van der Waals surface area contributed by atoms with Crippen LogP contribution in [0.4, 0.5) is 0 Å². The molecule has 3 nitrogen and oxygen atoms in total. The van der Waals surface area contributed by atoms with Gasteiger partial charge in [0.2, 0.25) is 0 Å². The van der Waals surface area contributed by atoms with E-state index in [2.05, 4.69) is 48.1 Å². The molecule has 1 unspecified atom stereocenters. The summed E-state index contributed by atoms with van der Waals surface area (Å²) in [6.45, 7) is 6.32. The van der Waals surface area contributed by atoms with E-state index in [1.54, 1.807) is 18.5 Å². The number of nitrogens with zero attached hydrogens (tertiary/aromatic N) is 3. The predicted molar refractivity (Wildman–Crippen MR) is 74.8 cm³/mol. The van der Waals surface area contributed by atoms with Crippen LogP contribution in [0.5, 0.6) is 0 Å². The van der Waals surface area contributed by atoms with Crippen molar-refractivity contribution in [2.24, 2.45) is 0 Å². The molecule has 2 rings (SSSR count). The van der Waals surface area contributed by atoms with Gasteiger partial charge >= 0.3 is 0 Å². The van der Waals surface area contributed by atoms with Gasteiger partial charge in [0.1, 0.15) is 11.7 Å². The Morgan fingerprint density at radius 1 is 1.16 bits per heavy atom. The number of aryl methyl sites for hydroxylation is 1. The first-order chi connectivity index (χ1) is 9.13. The Morgan fingerprint density at radius 3 is 2.42 bits per heavy atom. The quantitative estimate of drug-likeness (QED) is 0.838. The van der Waals surface area contributed by atoms with E-state index in [0.717, 1.165) is 11.1 Å². The highest BCUT2D eigenvalue weighted by molar-refractivity contribution is 5.41. The SMILES string of the molecule is Cc1ccc(C(C)C)cc1C(C#N)c1ncccn1. The van der Waals surface area contributed by atoms with E-state index in [4.69, 9.17) is 0 Å². The second-order valence-electron chi connectivity index (χ2n) is 4.94. The third kappa shape index (κ3) is 2.79. The molecule has 0 bridgehead atoms. The molecule has 0 aliphatic carbocycles. The number of nitriles is 1. The smallest absolute Gasteiger partial charge is 0.149 e. The highest BCUT2D eigenvalue weighted by Crippen LogP contribution is 2.27. The molecule has 0 radical (unpaired) electrons. The van der Waals surface area contributed by atoms with Gasteiger partial charge in [0.15, 0.2) is 0 Å². The number of rotatable bonds is 3. The molecule has 0 spiro atoms. The minimum absolute atomic E-state index is 0.403. The van der Waals surface area contributed by atoms with E-state index in [1.807, 2.05) is 6.92 Å². The fraction of sp³-hybridized carbons (Fsp3) is 0.312. The van der Waals surface area contributed by atoms with E-state index in [-0.39, 0.29) is 0 Å². The van der Waals surface area contributed by atoms with Crippen LogP contribution in [0.15, 0.2) is 36.7 Å². The molecule has 2 aromatic rings. The van der Waals surface area contributed by atoms with Gasteiger partial charge in [-0.15, -0.1) is 0 Å². The van der Waals surface area contributed by atoms with Crippen molar-refractivity contribution in [1.29, 1.82) is 5.26 Å². The second-order valence-corrected chi connectivity index (χ2v) is 4.94. The van der Waals surface area contributed by atoms with Crippen LogP contribution in [0, 0.1) is 18.3 Å². The van der Waals surface area contributed by atoms with Crippen molar-refractivity contribution >= 4 is 0 Å². The molecular formula is C16H17N3. The summed E-state index contributed by atoms with van der Waals surface area (Å²) in [6, 6.07) is 10.4. The van der Waals surface area contributed by atoms with Crippen molar-refractivity contribution < 1.29 is 0 Å². The first kappa shape index (κ1) is 13.2. The summed E-state index contributed by atoms with van der Waals surface area (Å²) < 4.78 is 0. The maximum atomic E-state index is 9.46. The summed E-state index contributed by atoms with van der Waals surface area (Å²) in [5.74, 6) is 0.601. The van der Waals surface area contributed by atoms with Gasteiger partial charge in [0.05, 0.1) is 6.07 Å². The molecule has 0 amide bonds. The molecule has 3 heteroatoms. The lowest BCUT2D eigenvalue weighted by molar-refractivity contribution is 0.844. The maximum Gasteiger partial charge on any atom is 0.149 e. The molecule has 1 atom stereocenters. The number of hydrogen-bond donors (Lipinski definition) is 0. The standard InChI is InChI=1S/C16H17N3/c1-11(2)13-6-5-12(3)14(9-13)15(10-17)16-18-7-4-8-19-16/h4-9,11,15H,1-3H3. The van der Waals surface area contributed by atoms with E-state index in [0.29, 0.717) is 11.7 Å². The van der Waals surface area contributed by atoms with E-state index in [1.165, 1.54) is 5.56 Å². The second kappa shape index (κ2) is 5.62. The van der Waals surface area contributed by atoms with Crippen molar-refractivity contribution in [3.05, 3.63) is 59.2 Å². The lowest BCUT2D eigenvalue weighted by Crippen LogP contribution is -2.06. The monoisotopic (exact) mass is 251 g/mol. The van der Waals surface area contributed by atoms with Crippen LogP contribution in [0.25, 0.3) is 0 Å². The molecule has 1 heterocycles. The van der Waals surface area contributed by atoms with Crippen LogP contribution in [-0.4, -0.2) is 9.97 Å². The van der Waals surface area contributed by atoms with Crippen LogP contribution >= 0.6 is 0 Å². The zero-order chi connectivity index (χ0) is 13.8.